The molecule has 0 aliphatic carbocycles. The third kappa shape index (κ3) is 5.54. The number of nitrogens with zero attached hydrogens (tertiary/aromatic N) is 4. The van der Waals surface area contributed by atoms with E-state index in [1.54, 1.807) is 14.2 Å². The van der Waals surface area contributed by atoms with E-state index in [2.05, 4.69) is 39.6 Å². The standard InChI is InChI=1S/C18H32N6O2.HI/c1-13(2)16-22-15-6-5-14(11-24(15)23-16)21-17(19-3)20-12-18(25-4)7-9-26-10-8-18;/h13-14H,5-12H2,1-4H3,(H2,19,20,21);1H. The van der Waals surface area contributed by atoms with Crippen LogP contribution >= 0.6 is 24.0 Å². The molecule has 8 nitrogen and oxygen atoms in total. The Labute approximate surface area is 178 Å². The molecule has 1 atom stereocenters. The van der Waals surface area contributed by atoms with Gasteiger partial charge >= 0.3 is 0 Å². The van der Waals surface area contributed by atoms with Gasteiger partial charge in [0, 0.05) is 65.1 Å². The molecule has 3 heterocycles. The van der Waals surface area contributed by atoms with Crippen molar-refractivity contribution in [2.45, 2.75) is 63.6 Å². The van der Waals surface area contributed by atoms with E-state index >= 15 is 0 Å². The van der Waals surface area contributed by atoms with Gasteiger partial charge in [-0.15, -0.1) is 24.0 Å². The Kier molecular flexibility index (Phi) is 8.29. The van der Waals surface area contributed by atoms with Gasteiger partial charge in [-0.1, -0.05) is 13.8 Å². The summed E-state index contributed by atoms with van der Waals surface area (Å²) in [5.41, 5.74) is -0.173. The number of fused-ring (bicyclic) bond motifs is 1. The largest absolute Gasteiger partial charge is 0.381 e. The number of halogens is 1. The summed E-state index contributed by atoms with van der Waals surface area (Å²) in [6, 6.07) is 0.295. The Bertz CT molecular complexity index is 627. The smallest absolute Gasteiger partial charge is 0.191 e. The van der Waals surface area contributed by atoms with Crippen LogP contribution in [0.5, 0.6) is 0 Å². The normalized spacial score (nSPS) is 22.1. The summed E-state index contributed by atoms with van der Waals surface area (Å²) < 4.78 is 13.3. The Balaban J connectivity index is 0.00000261. The number of aliphatic imine (C=N–C) groups is 1. The van der Waals surface area contributed by atoms with Gasteiger partial charge in [-0.05, 0) is 6.42 Å². The summed E-state index contributed by atoms with van der Waals surface area (Å²) >= 11 is 0. The van der Waals surface area contributed by atoms with Crippen LogP contribution in [0.15, 0.2) is 4.99 Å². The fraction of sp³-hybridized carbons (Fsp3) is 0.833. The topological polar surface area (TPSA) is 85.6 Å². The second-order valence-corrected chi connectivity index (χ2v) is 7.53. The first-order valence-electron chi connectivity index (χ1n) is 9.59. The summed E-state index contributed by atoms with van der Waals surface area (Å²) in [5, 5.41) is 11.6. The highest BCUT2D eigenvalue weighted by Gasteiger charge is 2.33. The molecule has 0 bridgehead atoms. The molecule has 0 spiro atoms. The minimum atomic E-state index is -0.173. The molecular formula is C18H33IN6O2. The molecule has 2 aliphatic heterocycles. The quantitative estimate of drug-likeness (QED) is 0.370. The SMILES string of the molecule is CN=C(NCC1(OC)CCOCC1)NC1CCc2nc(C(C)C)nn2C1.I. The molecule has 1 unspecified atom stereocenters. The lowest BCUT2D eigenvalue weighted by atomic mass is 9.94. The van der Waals surface area contributed by atoms with Gasteiger partial charge in [-0.2, -0.15) is 5.10 Å². The van der Waals surface area contributed by atoms with Crippen molar-refractivity contribution >= 4 is 29.9 Å². The number of guanidine groups is 1. The molecule has 0 aromatic carbocycles. The van der Waals surface area contributed by atoms with Gasteiger partial charge in [0.1, 0.15) is 5.82 Å². The van der Waals surface area contributed by atoms with Crippen LogP contribution in [0.1, 0.15) is 50.7 Å². The Morgan fingerprint density at radius 3 is 2.78 bits per heavy atom. The van der Waals surface area contributed by atoms with Gasteiger partial charge in [0.05, 0.1) is 12.1 Å². The average Bonchev–Trinajstić information content (AvgIpc) is 3.09. The van der Waals surface area contributed by atoms with Crippen LogP contribution in [-0.2, 0) is 22.4 Å². The molecule has 1 aromatic heterocycles. The van der Waals surface area contributed by atoms with Crippen molar-refractivity contribution in [3.8, 4) is 0 Å². The maximum Gasteiger partial charge on any atom is 0.191 e. The van der Waals surface area contributed by atoms with Gasteiger partial charge in [0.15, 0.2) is 11.8 Å². The monoisotopic (exact) mass is 492 g/mol. The van der Waals surface area contributed by atoms with Crippen LogP contribution in [0.2, 0.25) is 0 Å². The number of aromatic nitrogens is 3. The third-order valence-electron chi connectivity index (χ3n) is 5.37. The minimum Gasteiger partial charge on any atom is -0.381 e. The number of rotatable bonds is 5. The Morgan fingerprint density at radius 1 is 1.41 bits per heavy atom. The predicted molar refractivity (Wildman–Crippen MR) is 116 cm³/mol. The number of hydrogen-bond acceptors (Lipinski definition) is 5. The molecule has 0 radical (unpaired) electrons. The van der Waals surface area contributed by atoms with E-state index in [-0.39, 0.29) is 29.6 Å². The molecule has 0 saturated carbocycles. The summed E-state index contributed by atoms with van der Waals surface area (Å²) in [5.74, 6) is 3.20. The zero-order valence-corrected chi connectivity index (χ0v) is 19.2. The lowest BCUT2D eigenvalue weighted by Gasteiger charge is -2.36. The second-order valence-electron chi connectivity index (χ2n) is 7.53. The summed E-state index contributed by atoms with van der Waals surface area (Å²) in [6.07, 6.45) is 3.77. The lowest BCUT2D eigenvalue weighted by molar-refractivity contribution is -0.0855. The number of nitrogens with one attached hydrogen (secondary N) is 2. The van der Waals surface area contributed by atoms with Crippen LogP contribution in [0.25, 0.3) is 0 Å². The predicted octanol–water partition coefficient (Wildman–Crippen LogP) is 1.69. The molecule has 1 saturated heterocycles. The van der Waals surface area contributed by atoms with Crippen molar-refractivity contribution in [1.29, 1.82) is 0 Å². The van der Waals surface area contributed by atoms with Crippen LogP contribution in [-0.4, -0.2) is 66.3 Å². The molecule has 2 aliphatic rings. The van der Waals surface area contributed by atoms with Crippen molar-refractivity contribution in [3.05, 3.63) is 11.6 Å². The first kappa shape index (κ1) is 22.4. The number of methoxy groups -OCH3 is 1. The number of ether oxygens (including phenoxy) is 2. The van der Waals surface area contributed by atoms with E-state index in [1.807, 2.05) is 4.68 Å². The summed E-state index contributed by atoms with van der Waals surface area (Å²) in [6.45, 7) is 7.30. The number of hydrogen-bond donors (Lipinski definition) is 2. The van der Waals surface area contributed by atoms with E-state index in [0.29, 0.717) is 12.0 Å². The molecule has 1 aromatic rings. The molecule has 9 heteroatoms. The van der Waals surface area contributed by atoms with Gasteiger partial charge in [0.2, 0.25) is 0 Å². The van der Waals surface area contributed by atoms with Crippen LogP contribution in [0.3, 0.4) is 0 Å². The molecule has 0 amide bonds. The van der Waals surface area contributed by atoms with E-state index in [4.69, 9.17) is 9.47 Å². The van der Waals surface area contributed by atoms with Crippen molar-refractivity contribution in [2.24, 2.45) is 4.99 Å². The van der Waals surface area contributed by atoms with E-state index in [0.717, 1.165) is 69.6 Å². The molecular weight excluding hydrogens is 459 g/mol. The molecule has 154 valence electrons. The lowest BCUT2D eigenvalue weighted by Crippen LogP contribution is -2.53. The maximum absolute atomic E-state index is 5.79. The average molecular weight is 492 g/mol. The fourth-order valence-corrected chi connectivity index (χ4v) is 3.52. The molecule has 1 fully saturated rings. The highest BCUT2D eigenvalue weighted by atomic mass is 127. The van der Waals surface area contributed by atoms with Crippen molar-refractivity contribution in [2.75, 3.05) is 33.9 Å². The first-order valence-corrected chi connectivity index (χ1v) is 9.59. The van der Waals surface area contributed by atoms with E-state index in [1.165, 1.54) is 0 Å². The maximum atomic E-state index is 5.79. The van der Waals surface area contributed by atoms with E-state index < -0.39 is 0 Å². The Hall–Kier alpha value is -0.940. The zero-order valence-electron chi connectivity index (χ0n) is 16.8. The Morgan fingerprint density at radius 2 is 2.15 bits per heavy atom. The third-order valence-corrected chi connectivity index (χ3v) is 5.37. The van der Waals surface area contributed by atoms with Gasteiger partial charge in [0.25, 0.3) is 0 Å². The van der Waals surface area contributed by atoms with Crippen molar-refractivity contribution in [1.82, 2.24) is 25.4 Å². The highest BCUT2D eigenvalue weighted by molar-refractivity contribution is 14.0. The fourth-order valence-electron chi connectivity index (χ4n) is 3.52. The van der Waals surface area contributed by atoms with Gasteiger partial charge < -0.3 is 20.1 Å². The second kappa shape index (κ2) is 10.0. The van der Waals surface area contributed by atoms with Gasteiger partial charge in [-0.3, -0.25) is 4.99 Å². The van der Waals surface area contributed by atoms with Crippen molar-refractivity contribution in [3.63, 3.8) is 0 Å². The van der Waals surface area contributed by atoms with Crippen LogP contribution < -0.4 is 10.6 Å². The highest BCUT2D eigenvalue weighted by Crippen LogP contribution is 2.23. The molecule has 2 N–H and O–H groups in total. The van der Waals surface area contributed by atoms with Crippen LogP contribution in [0, 0.1) is 0 Å². The first-order chi connectivity index (χ1) is 12.5. The molecule has 27 heavy (non-hydrogen) atoms. The van der Waals surface area contributed by atoms with Gasteiger partial charge in [-0.25, -0.2) is 9.67 Å². The van der Waals surface area contributed by atoms with E-state index in [9.17, 15) is 0 Å². The van der Waals surface area contributed by atoms with Crippen molar-refractivity contribution < 1.29 is 9.47 Å². The van der Waals surface area contributed by atoms with Crippen LogP contribution in [0.4, 0.5) is 0 Å². The molecule has 3 rings (SSSR count). The number of aryl methyl sites for hydroxylation is 1. The zero-order chi connectivity index (χ0) is 18.6. The summed E-state index contributed by atoms with van der Waals surface area (Å²) in [4.78, 5) is 9.04. The summed E-state index contributed by atoms with van der Waals surface area (Å²) in [7, 11) is 3.59. The minimum absolute atomic E-state index is 0.